The molecule has 1 aliphatic heterocycles. The lowest BCUT2D eigenvalue weighted by Crippen LogP contribution is -2.59. The summed E-state index contributed by atoms with van der Waals surface area (Å²) >= 11 is 0. The molecule has 1 fully saturated rings. The Kier molecular flexibility index (Phi) is 7.28. The minimum absolute atomic E-state index is 0.0115. The number of hydrazine groups is 2. The van der Waals surface area contributed by atoms with Crippen molar-refractivity contribution in [2.75, 3.05) is 32.2 Å². The van der Waals surface area contributed by atoms with Gasteiger partial charge in [0.25, 0.3) is 11.8 Å². The van der Waals surface area contributed by atoms with Gasteiger partial charge in [-0.15, -0.1) is 0 Å². The molecule has 0 bridgehead atoms. The Hall–Kier alpha value is -3.64. The maximum Gasteiger partial charge on any atom is 0.272 e. The van der Waals surface area contributed by atoms with E-state index in [1.807, 2.05) is 105 Å². The fourth-order valence-electron chi connectivity index (χ4n) is 4.68. The van der Waals surface area contributed by atoms with Gasteiger partial charge in [-0.25, -0.2) is 5.01 Å². The van der Waals surface area contributed by atoms with Crippen molar-refractivity contribution in [1.29, 1.82) is 0 Å². The number of rotatable bonds is 6. The summed E-state index contributed by atoms with van der Waals surface area (Å²) in [6.45, 7) is 3.63. The highest BCUT2D eigenvalue weighted by Gasteiger charge is 2.36. The molecule has 6 heteroatoms. The molecule has 0 saturated carbocycles. The van der Waals surface area contributed by atoms with Gasteiger partial charge in [0.15, 0.2) is 0 Å². The highest BCUT2D eigenvalue weighted by Crippen LogP contribution is 2.29. The highest BCUT2D eigenvalue weighted by atomic mass is 16.2. The summed E-state index contributed by atoms with van der Waals surface area (Å²) < 4.78 is 0. The number of carbonyl (C=O) groups is 2. The van der Waals surface area contributed by atoms with Crippen LogP contribution < -0.4 is 5.01 Å². The van der Waals surface area contributed by atoms with Crippen molar-refractivity contribution in [2.24, 2.45) is 5.92 Å². The van der Waals surface area contributed by atoms with Crippen LogP contribution in [0.1, 0.15) is 34.1 Å². The van der Waals surface area contributed by atoms with E-state index in [1.165, 1.54) is 0 Å². The van der Waals surface area contributed by atoms with Crippen molar-refractivity contribution in [1.82, 2.24) is 15.0 Å². The summed E-state index contributed by atoms with van der Waals surface area (Å²) in [6, 6.07) is 28.9. The third kappa shape index (κ3) is 4.97. The van der Waals surface area contributed by atoms with Crippen LogP contribution in [0.2, 0.25) is 0 Å². The lowest BCUT2D eigenvalue weighted by molar-refractivity contribution is -0.0248. The first-order valence-corrected chi connectivity index (χ1v) is 11.7. The Morgan fingerprint density at radius 1 is 0.765 bits per heavy atom. The monoisotopic (exact) mass is 456 g/mol. The zero-order valence-corrected chi connectivity index (χ0v) is 20.0. The number of carbonyl (C=O) groups excluding carboxylic acids is 2. The standard InChI is InChI=1S/C28H32N4O2/c1-22-21-31(29(2)27(33)23-13-7-4-8-14-23)20-19-26(22)32(25-17-11-6-12-18-25)30(3)28(34)24-15-9-5-10-16-24/h4-18,22,26H,19-21H2,1-3H3/t22-,26+/m1/s1. The summed E-state index contributed by atoms with van der Waals surface area (Å²) in [5.41, 5.74) is 2.32. The molecule has 2 amide bonds. The van der Waals surface area contributed by atoms with E-state index in [0.717, 1.165) is 25.2 Å². The van der Waals surface area contributed by atoms with Crippen molar-refractivity contribution in [3.05, 3.63) is 102 Å². The smallest absolute Gasteiger partial charge is 0.272 e. The molecular formula is C28H32N4O2. The molecular weight excluding hydrogens is 424 g/mol. The van der Waals surface area contributed by atoms with Gasteiger partial charge >= 0.3 is 0 Å². The Balaban J connectivity index is 1.54. The molecule has 176 valence electrons. The SMILES string of the molecule is C[C@@H]1CN(N(C)C(=O)c2ccccc2)CC[C@@H]1N(c1ccccc1)N(C)C(=O)c1ccccc1. The molecule has 0 aromatic heterocycles. The quantitative estimate of drug-likeness (QED) is 0.510. The zero-order valence-electron chi connectivity index (χ0n) is 20.0. The number of amides is 2. The number of anilines is 1. The van der Waals surface area contributed by atoms with Gasteiger partial charge < -0.3 is 0 Å². The zero-order chi connectivity index (χ0) is 24.1. The van der Waals surface area contributed by atoms with Gasteiger partial charge in [-0.2, -0.15) is 0 Å². The van der Waals surface area contributed by atoms with Crippen molar-refractivity contribution in [2.45, 2.75) is 19.4 Å². The minimum atomic E-state index is -0.0459. The molecule has 1 heterocycles. The first kappa shape index (κ1) is 23.5. The van der Waals surface area contributed by atoms with Crippen molar-refractivity contribution in [3.63, 3.8) is 0 Å². The Bertz CT molecular complexity index is 1090. The van der Waals surface area contributed by atoms with Crippen molar-refractivity contribution in [3.8, 4) is 0 Å². The third-order valence-electron chi connectivity index (χ3n) is 6.55. The van der Waals surface area contributed by atoms with Crippen LogP contribution in [0.15, 0.2) is 91.0 Å². The summed E-state index contributed by atoms with van der Waals surface area (Å²) in [7, 11) is 3.68. The van der Waals surface area contributed by atoms with Crippen LogP contribution in [0.5, 0.6) is 0 Å². The molecule has 6 nitrogen and oxygen atoms in total. The number of piperidine rings is 1. The minimum Gasteiger partial charge on any atom is -0.280 e. The van der Waals surface area contributed by atoms with Crippen LogP contribution in [0, 0.1) is 5.92 Å². The normalized spacial score (nSPS) is 18.2. The fourth-order valence-corrected chi connectivity index (χ4v) is 4.68. The van der Waals surface area contributed by atoms with Gasteiger partial charge in [0.2, 0.25) is 0 Å². The largest absolute Gasteiger partial charge is 0.280 e. The molecule has 1 saturated heterocycles. The predicted octanol–water partition coefficient (Wildman–Crippen LogP) is 4.58. The maximum absolute atomic E-state index is 13.3. The van der Waals surface area contributed by atoms with E-state index >= 15 is 0 Å². The van der Waals surface area contributed by atoms with Crippen LogP contribution in [-0.4, -0.2) is 60.1 Å². The lowest BCUT2D eigenvalue weighted by atomic mass is 9.93. The Morgan fingerprint density at radius 2 is 1.26 bits per heavy atom. The molecule has 2 atom stereocenters. The molecule has 0 radical (unpaired) electrons. The second-order valence-corrected chi connectivity index (χ2v) is 8.82. The van der Waals surface area contributed by atoms with Crippen LogP contribution >= 0.6 is 0 Å². The van der Waals surface area contributed by atoms with E-state index in [1.54, 1.807) is 10.0 Å². The van der Waals surface area contributed by atoms with Gasteiger partial charge in [-0.05, 0) is 48.7 Å². The van der Waals surface area contributed by atoms with E-state index in [-0.39, 0.29) is 23.8 Å². The topological polar surface area (TPSA) is 47.1 Å². The Labute approximate surface area is 201 Å². The maximum atomic E-state index is 13.3. The number of para-hydroxylation sites is 1. The van der Waals surface area contributed by atoms with E-state index in [0.29, 0.717) is 11.1 Å². The summed E-state index contributed by atoms with van der Waals surface area (Å²) in [6.07, 6.45) is 0.814. The van der Waals surface area contributed by atoms with Crippen LogP contribution in [0.3, 0.4) is 0 Å². The van der Waals surface area contributed by atoms with E-state index in [9.17, 15) is 9.59 Å². The number of hydrogen-bond acceptors (Lipinski definition) is 4. The first-order valence-electron chi connectivity index (χ1n) is 11.7. The van der Waals surface area contributed by atoms with Gasteiger partial charge in [0.1, 0.15) is 0 Å². The van der Waals surface area contributed by atoms with Crippen molar-refractivity contribution < 1.29 is 9.59 Å². The lowest BCUT2D eigenvalue weighted by Gasteiger charge is -2.48. The molecule has 4 rings (SSSR count). The molecule has 1 aliphatic rings. The first-order chi connectivity index (χ1) is 16.5. The van der Waals surface area contributed by atoms with Gasteiger partial charge in [-0.1, -0.05) is 61.5 Å². The van der Waals surface area contributed by atoms with Crippen LogP contribution in [0.4, 0.5) is 5.69 Å². The Morgan fingerprint density at radius 3 is 1.79 bits per heavy atom. The summed E-state index contributed by atoms with van der Waals surface area (Å²) in [5.74, 6) is 0.156. The highest BCUT2D eigenvalue weighted by molar-refractivity contribution is 5.95. The average Bonchev–Trinajstić information content (AvgIpc) is 2.90. The molecule has 3 aromatic rings. The number of nitrogens with zero attached hydrogens (tertiary/aromatic N) is 4. The van der Waals surface area contributed by atoms with Crippen LogP contribution in [-0.2, 0) is 0 Å². The fraction of sp³-hybridized carbons (Fsp3) is 0.286. The summed E-state index contributed by atoms with van der Waals surface area (Å²) in [4.78, 5) is 26.3. The number of hydrogen-bond donors (Lipinski definition) is 0. The average molecular weight is 457 g/mol. The molecule has 0 unspecified atom stereocenters. The van der Waals surface area contributed by atoms with Gasteiger partial charge in [0.05, 0.1) is 11.7 Å². The van der Waals surface area contributed by atoms with Crippen LogP contribution in [0.25, 0.3) is 0 Å². The third-order valence-corrected chi connectivity index (χ3v) is 6.55. The van der Waals surface area contributed by atoms with Crippen molar-refractivity contribution >= 4 is 17.5 Å². The molecule has 34 heavy (non-hydrogen) atoms. The molecule has 3 aromatic carbocycles. The van der Waals surface area contributed by atoms with E-state index in [2.05, 4.69) is 16.9 Å². The molecule has 0 spiro atoms. The summed E-state index contributed by atoms with van der Waals surface area (Å²) in [5, 5.41) is 7.70. The van der Waals surface area contributed by atoms with E-state index < -0.39 is 0 Å². The predicted molar refractivity (Wildman–Crippen MR) is 135 cm³/mol. The second kappa shape index (κ2) is 10.5. The van der Waals surface area contributed by atoms with E-state index in [4.69, 9.17) is 0 Å². The van der Waals surface area contributed by atoms with Gasteiger partial charge in [0, 0.05) is 38.3 Å². The second-order valence-electron chi connectivity index (χ2n) is 8.82. The molecule has 0 aliphatic carbocycles. The number of benzene rings is 3. The molecule has 0 N–H and O–H groups in total. The van der Waals surface area contributed by atoms with Gasteiger partial charge in [-0.3, -0.25) is 24.6 Å².